The van der Waals surface area contributed by atoms with Gasteiger partial charge in [0.15, 0.2) is 0 Å². The van der Waals surface area contributed by atoms with E-state index >= 15 is 0 Å². The smallest absolute Gasteiger partial charge is 0.310 e. The number of amides is 2. The van der Waals surface area contributed by atoms with Crippen molar-refractivity contribution in [3.63, 3.8) is 0 Å². The lowest BCUT2D eigenvalue weighted by Gasteiger charge is -2.42. The highest BCUT2D eigenvalue weighted by molar-refractivity contribution is 8.02. The van der Waals surface area contributed by atoms with Crippen molar-refractivity contribution in [2.75, 3.05) is 19.8 Å². The highest BCUT2D eigenvalue weighted by Crippen LogP contribution is 2.69. The van der Waals surface area contributed by atoms with E-state index in [2.05, 4.69) is 30.4 Å². The number of rotatable bonds is 15. The molecular weight excluding hydrogens is 578 g/mol. The van der Waals surface area contributed by atoms with E-state index in [0.717, 1.165) is 30.3 Å². The number of ether oxygens (including phenoxy) is 1. The molecule has 1 N–H and O–H groups in total. The van der Waals surface area contributed by atoms with Gasteiger partial charge in [-0.05, 0) is 56.1 Å². The number of hydrogen-bond acceptors (Lipinski definition) is 8. The molecule has 0 saturated carbocycles. The minimum atomic E-state index is -0.860. The number of unbranched alkanes of at least 4 members (excludes halogenated alkanes) is 2. The molecule has 0 aliphatic carbocycles. The lowest BCUT2D eigenvalue weighted by Crippen LogP contribution is -2.59. The molecule has 3 unspecified atom stereocenters. The molecule has 4 heterocycles. The average molecular weight is 624 g/mol. The van der Waals surface area contributed by atoms with Crippen LogP contribution in [0.3, 0.4) is 0 Å². The predicted octanol–water partition coefficient (Wildman–Crippen LogP) is 4.05. The van der Waals surface area contributed by atoms with E-state index in [4.69, 9.17) is 4.74 Å². The molecule has 3 saturated heterocycles. The van der Waals surface area contributed by atoms with Gasteiger partial charge in [-0.3, -0.25) is 14.4 Å². The number of carbonyl (C=O) groups is 3. The Morgan fingerprint density at radius 2 is 2.02 bits per heavy atom. The molecule has 238 valence electrons. The number of aliphatic hydroxyl groups is 1. The number of likely N-dealkylation sites (tertiary alicyclic amines) is 1. The van der Waals surface area contributed by atoms with Crippen LogP contribution >= 0.6 is 11.8 Å². The zero-order valence-corrected chi connectivity index (χ0v) is 26.8. The van der Waals surface area contributed by atoms with Crippen LogP contribution in [0.1, 0.15) is 52.9 Å². The van der Waals surface area contributed by atoms with Gasteiger partial charge in [-0.2, -0.15) is 0 Å². The molecule has 3 fully saturated rings. The number of allylic oxidation sites excluding steroid dienone is 1. The summed E-state index contributed by atoms with van der Waals surface area (Å²) in [5, 5.41) is 19.1. The normalized spacial score (nSPS) is 28.0. The molecule has 1 spiro atoms. The standard InChI is InChI=1S/C33H45N5O5S/c1-6-8-9-12-16-43-32(42)27-26-18-22(5)33(44-26)28(27)30(40)38(23(19-39)17-21(3)4)29(33)31(41)36(15-7-2)20-37-25-14-11-10-13-24(25)34-35-37/h6-7,10-11,13-14,21-23,26-29,39H,1-2,8-9,12,15-20H2,3-5H3/t22?,23-,26+,27-,28+,29?,33?/m1/s1. The summed E-state index contributed by atoms with van der Waals surface area (Å²) in [5.74, 6) is -1.98. The molecule has 3 aliphatic rings. The van der Waals surface area contributed by atoms with Crippen LogP contribution in [0.5, 0.6) is 0 Å². The number of esters is 1. The van der Waals surface area contributed by atoms with Gasteiger partial charge in [0.2, 0.25) is 11.8 Å². The first-order valence-electron chi connectivity index (χ1n) is 15.8. The third-order valence-corrected chi connectivity index (χ3v) is 11.5. The van der Waals surface area contributed by atoms with Gasteiger partial charge < -0.3 is 19.6 Å². The highest BCUT2D eigenvalue weighted by Gasteiger charge is 2.77. The van der Waals surface area contributed by atoms with Gasteiger partial charge in [-0.15, -0.1) is 30.0 Å². The molecule has 5 rings (SSSR count). The van der Waals surface area contributed by atoms with E-state index in [-0.39, 0.29) is 54.7 Å². The highest BCUT2D eigenvalue weighted by atomic mass is 32.2. The molecule has 2 amide bonds. The topological polar surface area (TPSA) is 118 Å². The number of aliphatic hydroxyl groups excluding tert-OH is 1. The van der Waals surface area contributed by atoms with E-state index < -0.39 is 28.7 Å². The monoisotopic (exact) mass is 623 g/mol. The summed E-state index contributed by atoms with van der Waals surface area (Å²) in [4.78, 5) is 46.4. The van der Waals surface area contributed by atoms with E-state index in [1.165, 1.54) is 0 Å². The maximum atomic E-state index is 14.9. The Bertz CT molecular complexity index is 1400. The van der Waals surface area contributed by atoms with Crippen molar-refractivity contribution in [2.24, 2.45) is 23.7 Å². The quantitative estimate of drug-likeness (QED) is 0.179. The molecular formula is C33H45N5O5S. The number of nitrogens with zero attached hydrogens (tertiary/aromatic N) is 5. The summed E-state index contributed by atoms with van der Waals surface area (Å²) >= 11 is 1.61. The zero-order valence-electron chi connectivity index (χ0n) is 26.0. The Balaban J connectivity index is 1.52. The fraction of sp³-hybridized carbons (Fsp3) is 0.606. The number of fused-ring (bicyclic) bond motifs is 2. The second kappa shape index (κ2) is 13.4. The van der Waals surface area contributed by atoms with E-state index in [9.17, 15) is 19.5 Å². The number of hydrogen-bond donors (Lipinski definition) is 1. The Morgan fingerprint density at radius 1 is 1.25 bits per heavy atom. The summed E-state index contributed by atoms with van der Waals surface area (Å²) in [6, 6.07) is 6.13. The minimum Gasteiger partial charge on any atom is -0.465 e. The van der Waals surface area contributed by atoms with Gasteiger partial charge in [-0.25, -0.2) is 4.68 Å². The van der Waals surface area contributed by atoms with Gasteiger partial charge in [0, 0.05) is 11.8 Å². The lowest BCUT2D eigenvalue weighted by molar-refractivity contribution is -0.155. The van der Waals surface area contributed by atoms with Crippen LogP contribution in [0, 0.1) is 23.7 Å². The van der Waals surface area contributed by atoms with Gasteiger partial charge in [-0.1, -0.05) is 50.3 Å². The summed E-state index contributed by atoms with van der Waals surface area (Å²) < 4.78 is 6.62. The van der Waals surface area contributed by atoms with Crippen LogP contribution in [0.15, 0.2) is 49.6 Å². The molecule has 1 aromatic heterocycles. The van der Waals surface area contributed by atoms with E-state index in [1.807, 2.05) is 44.2 Å². The number of thioether (sulfide) groups is 1. The largest absolute Gasteiger partial charge is 0.465 e. The SMILES string of the molecule is C=CCCCCOC(=O)[C@@H]1[C@@H]2CC(C)C3(S2)C(C(=O)N(CC=C)Cn2nnc4ccccc42)N([C@@H](CO)CC(C)C)C(=O)[C@H]13. The minimum absolute atomic E-state index is 0.00165. The van der Waals surface area contributed by atoms with Crippen molar-refractivity contribution < 1.29 is 24.2 Å². The summed E-state index contributed by atoms with van der Waals surface area (Å²) in [6.45, 7) is 14.2. The van der Waals surface area contributed by atoms with Gasteiger partial charge in [0.1, 0.15) is 18.2 Å². The fourth-order valence-corrected chi connectivity index (χ4v) is 10.0. The van der Waals surface area contributed by atoms with E-state index in [0.29, 0.717) is 19.4 Å². The first-order valence-corrected chi connectivity index (χ1v) is 16.6. The maximum Gasteiger partial charge on any atom is 0.310 e. The van der Waals surface area contributed by atoms with Crippen LogP contribution in [0.4, 0.5) is 0 Å². The Kier molecular flexibility index (Phi) is 9.84. The first kappa shape index (κ1) is 32.2. The molecule has 7 atom stereocenters. The zero-order chi connectivity index (χ0) is 31.6. The second-order valence-corrected chi connectivity index (χ2v) is 14.3. The predicted molar refractivity (Wildman–Crippen MR) is 170 cm³/mol. The lowest BCUT2D eigenvalue weighted by atomic mass is 9.66. The number of para-hydroxylation sites is 1. The van der Waals surface area contributed by atoms with Crippen LogP contribution < -0.4 is 0 Å². The van der Waals surface area contributed by atoms with Gasteiger partial charge in [0.25, 0.3) is 0 Å². The summed E-state index contributed by atoms with van der Waals surface area (Å²) in [5.41, 5.74) is 1.51. The molecule has 10 nitrogen and oxygen atoms in total. The van der Waals surface area contributed by atoms with Crippen molar-refractivity contribution in [3.05, 3.63) is 49.6 Å². The third-order valence-electron chi connectivity index (χ3n) is 9.47. The van der Waals surface area contributed by atoms with Crippen LogP contribution in [-0.4, -0.2) is 89.5 Å². The Morgan fingerprint density at radius 3 is 2.73 bits per heavy atom. The Labute approximate surface area is 263 Å². The molecule has 0 radical (unpaired) electrons. The average Bonchev–Trinajstić information content (AvgIpc) is 3.72. The number of aromatic nitrogens is 3. The molecule has 1 aromatic carbocycles. The third kappa shape index (κ3) is 5.57. The summed E-state index contributed by atoms with van der Waals surface area (Å²) in [7, 11) is 0. The molecule has 11 heteroatoms. The van der Waals surface area contributed by atoms with Crippen molar-refractivity contribution in [2.45, 2.75) is 81.6 Å². The fourth-order valence-electron chi connectivity index (χ4n) is 7.61. The molecule has 3 aliphatic heterocycles. The van der Waals surface area contributed by atoms with Crippen LogP contribution in [0.2, 0.25) is 0 Å². The maximum absolute atomic E-state index is 14.9. The molecule has 2 bridgehead atoms. The molecule has 44 heavy (non-hydrogen) atoms. The van der Waals surface area contributed by atoms with Crippen LogP contribution in [-0.2, 0) is 25.8 Å². The van der Waals surface area contributed by atoms with Gasteiger partial charge >= 0.3 is 5.97 Å². The van der Waals surface area contributed by atoms with Crippen molar-refractivity contribution in [1.29, 1.82) is 0 Å². The second-order valence-electron chi connectivity index (χ2n) is 12.8. The Hall–Kier alpha value is -3.18. The molecule has 2 aromatic rings. The van der Waals surface area contributed by atoms with Crippen molar-refractivity contribution >= 4 is 40.6 Å². The number of benzene rings is 1. The van der Waals surface area contributed by atoms with Crippen molar-refractivity contribution in [3.8, 4) is 0 Å². The van der Waals surface area contributed by atoms with Crippen molar-refractivity contribution in [1.82, 2.24) is 24.8 Å². The summed E-state index contributed by atoms with van der Waals surface area (Å²) in [6.07, 6.45) is 7.21. The van der Waals surface area contributed by atoms with Gasteiger partial charge in [0.05, 0.1) is 41.4 Å². The first-order chi connectivity index (χ1) is 21.2. The van der Waals surface area contributed by atoms with E-state index in [1.54, 1.807) is 32.3 Å². The number of carbonyl (C=O) groups excluding carboxylic acids is 3. The van der Waals surface area contributed by atoms with Crippen LogP contribution in [0.25, 0.3) is 11.0 Å².